The molecule has 0 atom stereocenters. The van der Waals surface area contributed by atoms with E-state index in [1.54, 1.807) is 18.2 Å². The predicted molar refractivity (Wildman–Crippen MR) is 110 cm³/mol. The number of amides is 2. The molecule has 1 saturated carbocycles. The molecule has 0 radical (unpaired) electrons. The van der Waals surface area contributed by atoms with Crippen LogP contribution in [0.15, 0.2) is 42.5 Å². The summed E-state index contributed by atoms with van der Waals surface area (Å²) < 4.78 is 5.33. The van der Waals surface area contributed by atoms with E-state index < -0.39 is 11.9 Å². The lowest BCUT2D eigenvalue weighted by Gasteiger charge is -2.21. The Labute approximate surface area is 169 Å². The number of methoxy groups -OCH3 is 1. The monoisotopic (exact) mass is 396 g/mol. The molecule has 29 heavy (non-hydrogen) atoms. The van der Waals surface area contributed by atoms with Crippen molar-refractivity contribution in [3.05, 3.63) is 53.6 Å². The maximum absolute atomic E-state index is 12.6. The fraction of sp³-hybridized carbons (Fsp3) is 0.318. The number of carboxylic acids is 1. The fourth-order valence-electron chi connectivity index (χ4n) is 3.48. The summed E-state index contributed by atoms with van der Waals surface area (Å²) in [7, 11) is 1.52. The molecule has 7 heteroatoms. The van der Waals surface area contributed by atoms with E-state index in [-0.39, 0.29) is 23.0 Å². The van der Waals surface area contributed by atoms with Gasteiger partial charge in [0.2, 0.25) is 5.91 Å². The van der Waals surface area contributed by atoms with Gasteiger partial charge in [0.05, 0.1) is 18.4 Å². The quantitative estimate of drug-likeness (QED) is 0.680. The van der Waals surface area contributed by atoms with Crippen LogP contribution in [0.5, 0.6) is 5.75 Å². The molecule has 152 valence electrons. The highest BCUT2D eigenvalue weighted by Crippen LogP contribution is 2.31. The average Bonchev–Trinajstić information content (AvgIpc) is 2.74. The van der Waals surface area contributed by atoms with Gasteiger partial charge in [0.15, 0.2) is 0 Å². The van der Waals surface area contributed by atoms with Gasteiger partial charge in [-0.2, -0.15) is 0 Å². The van der Waals surface area contributed by atoms with Crippen molar-refractivity contribution < 1.29 is 24.2 Å². The van der Waals surface area contributed by atoms with Crippen molar-refractivity contribution >= 4 is 29.2 Å². The Kier molecular flexibility index (Phi) is 6.49. The third-order valence-corrected chi connectivity index (χ3v) is 5.06. The summed E-state index contributed by atoms with van der Waals surface area (Å²) in [5.41, 5.74) is 1.22. The van der Waals surface area contributed by atoms with Crippen molar-refractivity contribution in [1.82, 2.24) is 0 Å². The maximum atomic E-state index is 12.6. The van der Waals surface area contributed by atoms with Crippen molar-refractivity contribution in [2.45, 2.75) is 32.1 Å². The highest BCUT2D eigenvalue weighted by Gasteiger charge is 2.22. The maximum Gasteiger partial charge on any atom is 0.335 e. The molecule has 3 rings (SSSR count). The summed E-state index contributed by atoms with van der Waals surface area (Å²) in [5.74, 6) is -1.09. The van der Waals surface area contributed by atoms with E-state index in [9.17, 15) is 14.4 Å². The highest BCUT2D eigenvalue weighted by molar-refractivity contribution is 6.06. The second-order valence-electron chi connectivity index (χ2n) is 7.08. The molecule has 1 aliphatic rings. The zero-order valence-corrected chi connectivity index (χ0v) is 16.2. The van der Waals surface area contributed by atoms with Gasteiger partial charge in [0.25, 0.3) is 5.91 Å². The van der Waals surface area contributed by atoms with E-state index in [1.807, 2.05) is 0 Å². The minimum absolute atomic E-state index is 0.00883. The van der Waals surface area contributed by atoms with Crippen molar-refractivity contribution in [3.63, 3.8) is 0 Å². The van der Waals surface area contributed by atoms with Crippen LogP contribution >= 0.6 is 0 Å². The zero-order valence-electron chi connectivity index (χ0n) is 16.2. The SMILES string of the molecule is COc1ccc(NC(=O)c2cccc(C(=O)O)c2)cc1NC(=O)C1CCCCC1. The van der Waals surface area contributed by atoms with Crippen LogP contribution in [0.4, 0.5) is 11.4 Å². The number of carbonyl (C=O) groups excluding carboxylic acids is 2. The largest absolute Gasteiger partial charge is 0.495 e. The van der Waals surface area contributed by atoms with Crippen LogP contribution in [0, 0.1) is 5.92 Å². The summed E-state index contributed by atoms with van der Waals surface area (Å²) in [6.07, 6.45) is 5.04. The number of hydrogen-bond acceptors (Lipinski definition) is 4. The molecule has 0 aromatic heterocycles. The van der Waals surface area contributed by atoms with Crippen LogP contribution in [0.2, 0.25) is 0 Å². The second-order valence-corrected chi connectivity index (χ2v) is 7.08. The summed E-state index contributed by atoms with van der Waals surface area (Å²) in [6, 6.07) is 10.8. The summed E-state index contributed by atoms with van der Waals surface area (Å²) >= 11 is 0. The van der Waals surface area contributed by atoms with Crippen LogP contribution in [0.25, 0.3) is 0 Å². The topological polar surface area (TPSA) is 105 Å². The smallest absolute Gasteiger partial charge is 0.335 e. The fourth-order valence-corrected chi connectivity index (χ4v) is 3.48. The van der Waals surface area contributed by atoms with Gasteiger partial charge in [-0.05, 0) is 49.2 Å². The Balaban J connectivity index is 1.75. The molecule has 1 fully saturated rings. The highest BCUT2D eigenvalue weighted by atomic mass is 16.5. The lowest BCUT2D eigenvalue weighted by Crippen LogP contribution is -2.25. The number of carbonyl (C=O) groups is 3. The summed E-state index contributed by atoms with van der Waals surface area (Å²) in [4.78, 5) is 36.2. The van der Waals surface area contributed by atoms with Gasteiger partial charge < -0.3 is 20.5 Å². The molecule has 0 unspecified atom stereocenters. The van der Waals surface area contributed by atoms with E-state index in [4.69, 9.17) is 9.84 Å². The number of ether oxygens (including phenoxy) is 1. The molecule has 2 aromatic rings. The summed E-state index contributed by atoms with van der Waals surface area (Å²) in [5, 5.41) is 14.7. The van der Waals surface area contributed by atoms with Gasteiger partial charge in [0.1, 0.15) is 5.75 Å². The van der Waals surface area contributed by atoms with Crippen LogP contribution in [-0.4, -0.2) is 30.0 Å². The third kappa shape index (κ3) is 5.13. The Hall–Kier alpha value is -3.35. The minimum Gasteiger partial charge on any atom is -0.495 e. The summed E-state index contributed by atoms with van der Waals surface area (Å²) in [6.45, 7) is 0. The predicted octanol–water partition coefficient (Wildman–Crippen LogP) is 4.16. The molecule has 7 nitrogen and oxygen atoms in total. The Morgan fingerprint density at radius 2 is 1.69 bits per heavy atom. The van der Waals surface area contributed by atoms with Crippen molar-refractivity contribution in [1.29, 1.82) is 0 Å². The molecular weight excluding hydrogens is 372 g/mol. The standard InChI is InChI=1S/C22H24N2O5/c1-29-19-11-10-17(13-18(19)24-20(25)14-6-3-2-4-7-14)23-21(26)15-8-5-9-16(12-15)22(27)28/h5,8-14H,2-4,6-7H2,1H3,(H,23,26)(H,24,25)(H,27,28). The van der Waals surface area contributed by atoms with Gasteiger partial charge in [-0.3, -0.25) is 9.59 Å². The molecule has 0 saturated heterocycles. The van der Waals surface area contributed by atoms with Gasteiger partial charge in [-0.1, -0.05) is 25.3 Å². The molecule has 0 spiro atoms. The number of aromatic carboxylic acids is 1. The van der Waals surface area contributed by atoms with Gasteiger partial charge in [-0.15, -0.1) is 0 Å². The number of anilines is 2. The number of carboxylic acid groups (broad SMARTS) is 1. The Bertz CT molecular complexity index is 919. The number of nitrogens with one attached hydrogen (secondary N) is 2. The molecular formula is C22H24N2O5. The first-order valence-electron chi connectivity index (χ1n) is 9.61. The average molecular weight is 396 g/mol. The van der Waals surface area contributed by atoms with E-state index in [2.05, 4.69) is 10.6 Å². The Morgan fingerprint density at radius 1 is 0.966 bits per heavy atom. The zero-order chi connectivity index (χ0) is 20.8. The van der Waals surface area contributed by atoms with Crippen molar-refractivity contribution in [3.8, 4) is 5.75 Å². The molecule has 0 heterocycles. The van der Waals surface area contributed by atoms with Crippen LogP contribution < -0.4 is 15.4 Å². The van der Waals surface area contributed by atoms with Gasteiger partial charge >= 0.3 is 5.97 Å². The molecule has 2 aromatic carbocycles. The molecule has 0 bridgehead atoms. The van der Waals surface area contributed by atoms with E-state index in [1.165, 1.54) is 31.4 Å². The lowest BCUT2D eigenvalue weighted by molar-refractivity contribution is -0.120. The van der Waals surface area contributed by atoms with Gasteiger partial charge in [0, 0.05) is 17.2 Å². The second kappa shape index (κ2) is 9.23. The van der Waals surface area contributed by atoms with Crippen molar-refractivity contribution in [2.75, 3.05) is 17.7 Å². The Morgan fingerprint density at radius 3 is 2.38 bits per heavy atom. The first kappa shape index (κ1) is 20.4. The normalized spacial score (nSPS) is 14.1. The molecule has 0 aliphatic heterocycles. The lowest BCUT2D eigenvalue weighted by atomic mass is 9.88. The van der Waals surface area contributed by atoms with Crippen LogP contribution in [0.3, 0.4) is 0 Å². The van der Waals surface area contributed by atoms with Crippen LogP contribution in [-0.2, 0) is 4.79 Å². The number of benzene rings is 2. The molecule has 2 amide bonds. The molecule has 3 N–H and O–H groups in total. The van der Waals surface area contributed by atoms with E-state index in [0.29, 0.717) is 17.1 Å². The minimum atomic E-state index is -1.10. The molecule has 1 aliphatic carbocycles. The van der Waals surface area contributed by atoms with Crippen LogP contribution in [0.1, 0.15) is 52.8 Å². The van der Waals surface area contributed by atoms with E-state index in [0.717, 1.165) is 32.1 Å². The number of hydrogen-bond donors (Lipinski definition) is 3. The first-order chi connectivity index (χ1) is 14.0. The van der Waals surface area contributed by atoms with E-state index >= 15 is 0 Å². The number of rotatable bonds is 6. The van der Waals surface area contributed by atoms with Crippen molar-refractivity contribution in [2.24, 2.45) is 5.92 Å². The van der Waals surface area contributed by atoms with Gasteiger partial charge in [-0.25, -0.2) is 4.79 Å². The third-order valence-electron chi connectivity index (χ3n) is 5.06. The first-order valence-corrected chi connectivity index (χ1v) is 9.61.